The molecule has 0 N–H and O–H groups in total. The van der Waals surface area contributed by atoms with Crippen LogP contribution in [0.4, 0.5) is 0 Å². The highest BCUT2D eigenvalue weighted by atomic mass is 127. The number of hydrogen-bond acceptors (Lipinski definition) is 2. The lowest BCUT2D eigenvalue weighted by Gasteiger charge is -1.99. The first-order valence-corrected chi connectivity index (χ1v) is 5.86. The molecule has 0 radical (unpaired) electrons. The summed E-state index contributed by atoms with van der Waals surface area (Å²) >= 11 is 0. The molecule has 1 heterocycles. The molecule has 0 unspecified atom stereocenters. The molecule has 17 heavy (non-hydrogen) atoms. The van der Waals surface area contributed by atoms with E-state index in [1.807, 2.05) is 0 Å². The van der Waals surface area contributed by atoms with Gasteiger partial charge in [0.2, 0.25) is 6.33 Å². The second-order valence-electron chi connectivity index (χ2n) is 3.84. The number of methoxy groups -OCH3 is 1. The molecule has 0 amide bonds. The van der Waals surface area contributed by atoms with Gasteiger partial charge in [-0.25, -0.2) is 9.13 Å². The molecular formula is C12H21IN2O2. The van der Waals surface area contributed by atoms with Crippen LogP contribution < -0.4 is 28.5 Å². The summed E-state index contributed by atoms with van der Waals surface area (Å²) in [6.07, 6.45) is 6.52. The van der Waals surface area contributed by atoms with Gasteiger partial charge in [0.25, 0.3) is 0 Å². The van der Waals surface area contributed by atoms with Crippen LogP contribution in [0.5, 0.6) is 0 Å². The van der Waals surface area contributed by atoms with Crippen molar-refractivity contribution >= 4 is 5.97 Å². The van der Waals surface area contributed by atoms with Crippen molar-refractivity contribution in [3.05, 3.63) is 18.2 Å². The molecule has 0 bridgehead atoms. The molecule has 0 spiro atoms. The predicted octanol–water partition coefficient (Wildman–Crippen LogP) is -1.68. The second kappa shape index (κ2) is 8.49. The van der Waals surface area contributed by atoms with E-state index in [2.05, 4.69) is 40.2 Å². The van der Waals surface area contributed by atoms with E-state index >= 15 is 0 Å². The van der Waals surface area contributed by atoms with Crippen molar-refractivity contribution in [2.45, 2.75) is 46.2 Å². The van der Waals surface area contributed by atoms with E-state index in [9.17, 15) is 4.79 Å². The third-order valence-corrected chi connectivity index (χ3v) is 2.61. The predicted molar refractivity (Wildman–Crippen MR) is 60.9 cm³/mol. The fourth-order valence-corrected chi connectivity index (χ4v) is 1.71. The first kappa shape index (κ1) is 16.4. The Morgan fingerprint density at radius 1 is 1.47 bits per heavy atom. The molecule has 0 fully saturated rings. The third kappa shape index (κ3) is 5.06. The molecule has 0 saturated heterocycles. The first-order valence-electron chi connectivity index (χ1n) is 5.86. The van der Waals surface area contributed by atoms with Crippen molar-refractivity contribution in [2.75, 3.05) is 7.11 Å². The molecule has 1 aromatic heterocycles. The molecular weight excluding hydrogens is 331 g/mol. The van der Waals surface area contributed by atoms with Gasteiger partial charge in [-0.2, -0.15) is 0 Å². The average Bonchev–Trinajstić information content (AvgIpc) is 2.69. The number of esters is 1. The summed E-state index contributed by atoms with van der Waals surface area (Å²) in [4.78, 5) is 11.1. The van der Waals surface area contributed by atoms with Crippen LogP contribution in [-0.4, -0.2) is 17.6 Å². The van der Waals surface area contributed by atoms with Gasteiger partial charge in [0.15, 0.2) is 0 Å². The topological polar surface area (TPSA) is 35.1 Å². The molecule has 1 aromatic rings. The largest absolute Gasteiger partial charge is 1.00 e. The summed E-state index contributed by atoms with van der Waals surface area (Å²) in [5.41, 5.74) is 1.20. The first-order chi connectivity index (χ1) is 7.71. The number of hydrogen-bond donors (Lipinski definition) is 0. The number of imidazole rings is 1. The lowest BCUT2D eigenvalue weighted by molar-refractivity contribution is -0.693. The van der Waals surface area contributed by atoms with Crippen molar-refractivity contribution in [1.29, 1.82) is 0 Å². The number of rotatable bonds is 6. The van der Waals surface area contributed by atoms with Gasteiger partial charge >= 0.3 is 5.97 Å². The molecule has 0 saturated carbocycles. The molecule has 0 aliphatic heterocycles. The van der Waals surface area contributed by atoms with Gasteiger partial charge in [0.05, 0.1) is 26.6 Å². The van der Waals surface area contributed by atoms with Gasteiger partial charge in [0, 0.05) is 6.42 Å². The Balaban J connectivity index is 0.00000256. The number of halogens is 1. The van der Waals surface area contributed by atoms with Crippen molar-refractivity contribution in [1.82, 2.24) is 4.57 Å². The van der Waals surface area contributed by atoms with E-state index in [-0.39, 0.29) is 29.9 Å². The lowest BCUT2D eigenvalue weighted by atomic mass is 10.2. The van der Waals surface area contributed by atoms with Crippen molar-refractivity contribution < 1.29 is 38.1 Å². The number of aryl methyl sites for hydroxylation is 3. The van der Waals surface area contributed by atoms with Gasteiger partial charge in [0.1, 0.15) is 11.9 Å². The summed E-state index contributed by atoms with van der Waals surface area (Å²) in [5.74, 6) is -0.146. The van der Waals surface area contributed by atoms with Crippen molar-refractivity contribution in [3.8, 4) is 0 Å². The number of carbonyl (C=O) groups is 1. The fourth-order valence-electron chi connectivity index (χ4n) is 1.71. The van der Waals surface area contributed by atoms with E-state index in [1.54, 1.807) is 0 Å². The highest BCUT2D eigenvalue weighted by molar-refractivity contribution is 5.69. The minimum atomic E-state index is -0.146. The number of aromatic nitrogens is 2. The van der Waals surface area contributed by atoms with Gasteiger partial charge < -0.3 is 28.7 Å². The minimum absolute atomic E-state index is 0. The van der Waals surface area contributed by atoms with E-state index in [4.69, 9.17) is 0 Å². The Morgan fingerprint density at radius 3 is 2.71 bits per heavy atom. The van der Waals surface area contributed by atoms with E-state index in [1.165, 1.54) is 12.8 Å². The number of nitrogens with zero attached hydrogens (tertiary/aromatic N) is 2. The van der Waals surface area contributed by atoms with Crippen LogP contribution in [0.3, 0.4) is 0 Å². The Bertz CT molecular complexity index is 350. The Kier molecular flexibility index (Phi) is 8.20. The monoisotopic (exact) mass is 352 g/mol. The SMILES string of the molecule is CCCn1c[n+](CC)cc1CCC(=O)OC.[I-]. The molecule has 4 nitrogen and oxygen atoms in total. The highest BCUT2D eigenvalue weighted by Crippen LogP contribution is 2.04. The fraction of sp³-hybridized carbons (Fsp3) is 0.667. The van der Waals surface area contributed by atoms with Crippen LogP contribution >= 0.6 is 0 Å². The molecule has 0 aliphatic carbocycles. The van der Waals surface area contributed by atoms with Crippen molar-refractivity contribution in [2.24, 2.45) is 0 Å². The lowest BCUT2D eigenvalue weighted by Crippen LogP contribution is -3.00. The zero-order chi connectivity index (χ0) is 12.0. The third-order valence-electron chi connectivity index (χ3n) is 2.61. The van der Waals surface area contributed by atoms with Crippen LogP contribution in [0.1, 0.15) is 32.4 Å². The Labute approximate surface area is 120 Å². The maximum atomic E-state index is 11.1. The van der Waals surface area contributed by atoms with Gasteiger partial charge in [-0.1, -0.05) is 6.92 Å². The normalized spacial score (nSPS) is 9.82. The molecule has 1 rings (SSSR count). The summed E-state index contributed by atoms with van der Waals surface area (Å²) in [6, 6.07) is 0. The van der Waals surface area contributed by atoms with Gasteiger partial charge in [-0.3, -0.25) is 4.79 Å². The summed E-state index contributed by atoms with van der Waals surface area (Å²) in [7, 11) is 1.43. The smallest absolute Gasteiger partial charge is 0.305 e. The highest BCUT2D eigenvalue weighted by Gasteiger charge is 2.13. The standard InChI is InChI=1S/C12H21N2O2.HI/c1-4-8-14-10-13(5-2)9-11(14)6-7-12(15)16-3;/h9-10H,4-8H2,1-3H3;1H/q+1;/p-1. The van der Waals surface area contributed by atoms with Crippen LogP contribution in [0.15, 0.2) is 12.5 Å². The van der Waals surface area contributed by atoms with Crippen LogP contribution in [0.2, 0.25) is 0 Å². The van der Waals surface area contributed by atoms with Gasteiger partial charge in [-0.15, -0.1) is 0 Å². The zero-order valence-electron chi connectivity index (χ0n) is 10.8. The molecule has 0 atom stereocenters. The minimum Gasteiger partial charge on any atom is -1.00 e. The molecule has 98 valence electrons. The van der Waals surface area contributed by atoms with E-state index < -0.39 is 0 Å². The zero-order valence-corrected chi connectivity index (χ0v) is 12.9. The van der Waals surface area contributed by atoms with Crippen LogP contribution in [0.25, 0.3) is 0 Å². The maximum absolute atomic E-state index is 11.1. The molecule has 0 aliphatic rings. The van der Waals surface area contributed by atoms with Gasteiger partial charge in [-0.05, 0) is 13.3 Å². The quantitative estimate of drug-likeness (QED) is 0.348. The van der Waals surface area contributed by atoms with Crippen LogP contribution in [0, 0.1) is 0 Å². The summed E-state index contributed by atoms with van der Waals surface area (Å²) in [6.45, 7) is 6.23. The van der Waals surface area contributed by atoms with Crippen molar-refractivity contribution in [3.63, 3.8) is 0 Å². The second-order valence-corrected chi connectivity index (χ2v) is 3.84. The number of ether oxygens (including phenoxy) is 1. The Morgan fingerprint density at radius 2 is 2.18 bits per heavy atom. The van der Waals surface area contributed by atoms with Crippen LogP contribution in [-0.2, 0) is 29.0 Å². The Hall–Kier alpha value is -0.590. The summed E-state index contributed by atoms with van der Waals surface area (Å²) < 4.78 is 9.01. The van der Waals surface area contributed by atoms with E-state index in [0.29, 0.717) is 6.42 Å². The summed E-state index contributed by atoms with van der Waals surface area (Å²) in [5, 5.41) is 0. The number of carbonyl (C=O) groups excluding carboxylic acids is 1. The van der Waals surface area contributed by atoms with E-state index in [0.717, 1.165) is 25.9 Å². The average molecular weight is 352 g/mol. The maximum Gasteiger partial charge on any atom is 0.305 e. The molecule has 0 aromatic carbocycles. The molecule has 5 heteroatoms.